The first-order valence-electron chi connectivity index (χ1n) is 6.40. The van der Waals surface area contributed by atoms with Crippen molar-refractivity contribution in [3.05, 3.63) is 15.6 Å². The van der Waals surface area contributed by atoms with Crippen LogP contribution in [-0.2, 0) is 11.3 Å². The highest BCUT2D eigenvalue weighted by molar-refractivity contribution is 7.11. The van der Waals surface area contributed by atoms with E-state index in [0.717, 1.165) is 23.5 Å². The molecule has 0 aliphatic heterocycles. The molecule has 0 unspecified atom stereocenters. The number of nitrogens with zero attached hydrogens (tertiary/aromatic N) is 1. The average molecular weight is 269 g/mol. The molecular weight excluding hydrogens is 246 g/mol. The molecule has 1 heterocycles. The summed E-state index contributed by atoms with van der Waals surface area (Å²) in [5, 5.41) is 3.92. The van der Waals surface area contributed by atoms with Crippen LogP contribution in [0.1, 0.15) is 42.3 Å². The molecule has 0 aliphatic rings. The fraction of sp³-hybridized carbons (Fsp3) is 0.692. The third kappa shape index (κ3) is 3.09. The predicted molar refractivity (Wildman–Crippen MR) is 75.5 cm³/mol. The van der Waals surface area contributed by atoms with Crippen molar-refractivity contribution in [2.24, 2.45) is 11.1 Å². The van der Waals surface area contributed by atoms with Gasteiger partial charge in [0.1, 0.15) is 5.01 Å². The van der Waals surface area contributed by atoms with Crippen molar-refractivity contribution in [1.82, 2.24) is 10.3 Å². The summed E-state index contributed by atoms with van der Waals surface area (Å²) in [6.07, 6.45) is 1.53. The second-order valence-electron chi connectivity index (χ2n) is 4.62. The Balaban J connectivity index is 2.65. The van der Waals surface area contributed by atoms with Gasteiger partial charge in [-0.2, -0.15) is 0 Å². The SMILES string of the molecule is CCC(CC)(CN)C(=O)NCc1nc(C)c(C)s1. The number of aryl methyl sites for hydroxylation is 2. The Labute approximate surface area is 113 Å². The molecule has 1 aromatic heterocycles. The van der Waals surface area contributed by atoms with Gasteiger partial charge in [-0.15, -0.1) is 11.3 Å². The molecule has 0 atom stereocenters. The zero-order chi connectivity index (χ0) is 13.8. The molecule has 0 saturated carbocycles. The fourth-order valence-electron chi connectivity index (χ4n) is 1.91. The summed E-state index contributed by atoms with van der Waals surface area (Å²) in [5.41, 5.74) is 6.37. The zero-order valence-corrected chi connectivity index (χ0v) is 12.5. The summed E-state index contributed by atoms with van der Waals surface area (Å²) in [5.74, 6) is 0.0421. The lowest BCUT2D eigenvalue weighted by Gasteiger charge is -2.28. The van der Waals surface area contributed by atoms with Gasteiger partial charge in [0.2, 0.25) is 5.91 Å². The van der Waals surface area contributed by atoms with Crippen LogP contribution in [0.5, 0.6) is 0 Å². The monoisotopic (exact) mass is 269 g/mol. The molecule has 0 aromatic carbocycles. The lowest BCUT2D eigenvalue weighted by molar-refractivity contribution is -0.131. The highest BCUT2D eigenvalue weighted by atomic mass is 32.1. The molecule has 102 valence electrons. The Bertz CT molecular complexity index is 383. The maximum absolute atomic E-state index is 12.2. The molecule has 3 N–H and O–H groups in total. The van der Waals surface area contributed by atoms with Crippen molar-refractivity contribution in [1.29, 1.82) is 0 Å². The van der Waals surface area contributed by atoms with E-state index in [9.17, 15) is 4.79 Å². The van der Waals surface area contributed by atoms with Crippen LogP contribution in [0, 0.1) is 19.3 Å². The summed E-state index contributed by atoms with van der Waals surface area (Å²) in [7, 11) is 0. The second-order valence-corrected chi connectivity index (χ2v) is 5.91. The number of hydrogen-bond donors (Lipinski definition) is 2. The van der Waals surface area contributed by atoms with Gasteiger partial charge in [-0.05, 0) is 26.7 Å². The van der Waals surface area contributed by atoms with Gasteiger partial charge in [-0.25, -0.2) is 4.98 Å². The number of nitrogens with one attached hydrogen (secondary N) is 1. The lowest BCUT2D eigenvalue weighted by Crippen LogP contribution is -2.45. The van der Waals surface area contributed by atoms with Crippen LogP contribution in [-0.4, -0.2) is 17.4 Å². The number of nitrogens with two attached hydrogens (primary N) is 1. The van der Waals surface area contributed by atoms with Crippen molar-refractivity contribution < 1.29 is 4.79 Å². The largest absolute Gasteiger partial charge is 0.349 e. The Morgan fingerprint density at radius 3 is 2.39 bits per heavy atom. The van der Waals surface area contributed by atoms with Crippen molar-refractivity contribution in [2.75, 3.05) is 6.54 Å². The summed E-state index contributed by atoms with van der Waals surface area (Å²) in [4.78, 5) is 17.8. The molecule has 1 rings (SSSR count). The number of amides is 1. The van der Waals surface area contributed by atoms with Crippen molar-refractivity contribution in [2.45, 2.75) is 47.1 Å². The van der Waals surface area contributed by atoms with Gasteiger partial charge >= 0.3 is 0 Å². The van der Waals surface area contributed by atoms with E-state index in [1.54, 1.807) is 11.3 Å². The van der Waals surface area contributed by atoms with E-state index in [1.807, 2.05) is 27.7 Å². The van der Waals surface area contributed by atoms with Gasteiger partial charge in [0.05, 0.1) is 17.7 Å². The number of rotatable bonds is 6. The molecule has 0 saturated heterocycles. The summed E-state index contributed by atoms with van der Waals surface area (Å²) in [6.45, 7) is 8.93. The molecule has 18 heavy (non-hydrogen) atoms. The Morgan fingerprint density at radius 1 is 1.39 bits per heavy atom. The Morgan fingerprint density at radius 2 is 2.00 bits per heavy atom. The van der Waals surface area contributed by atoms with Crippen LogP contribution >= 0.6 is 11.3 Å². The number of aromatic nitrogens is 1. The molecular formula is C13H23N3OS. The Kier molecular flexibility index (Phi) is 5.28. The van der Waals surface area contributed by atoms with Crippen molar-refractivity contribution in [3.63, 3.8) is 0 Å². The van der Waals surface area contributed by atoms with Gasteiger partial charge in [-0.3, -0.25) is 4.79 Å². The fourth-order valence-corrected chi connectivity index (χ4v) is 2.78. The van der Waals surface area contributed by atoms with Crippen LogP contribution in [0.4, 0.5) is 0 Å². The average Bonchev–Trinajstić information content (AvgIpc) is 2.69. The van der Waals surface area contributed by atoms with Crippen LogP contribution in [0.3, 0.4) is 0 Å². The maximum Gasteiger partial charge on any atom is 0.227 e. The number of hydrogen-bond acceptors (Lipinski definition) is 4. The van der Waals surface area contributed by atoms with Gasteiger partial charge in [0, 0.05) is 11.4 Å². The van der Waals surface area contributed by atoms with Crippen LogP contribution in [0.2, 0.25) is 0 Å². The number of thiazole rings is 1. The minimum atomic E-state index is -0.429. The van der Waals surface area contributed by atoms with E-state index in [4.69, 9.17) is 5.73 Å². The van der Waals surface area contributed by atoms with Gasteiger partial charge in [0.15, 0.2) is 0 Å². The molecule has 0 bridgehead atoms. The van der Waals surface area contributed by atoms with E-state index in [-0.39, 0.29) is 5.91 Å². The third-order valence-electron chi connectivity index (χ3n) is 3.70. The first-order valence-corrected chi connectivity index (χ1v) is 7.22. The van der Waals surface area contributed by atoms with Gasteiger partial charge < -0.3 is 11.1 Å². The molecule has 0 spiro atoms. The molecule has 1 aromatic rings. The molecule has 0 aliphatic carbocycles. The second kappa shape index (κ2) is 6.29. The van der Waals surface area contributed by atoms with Crippen LogP contribution in [0.25, 0.3) is 0 Å². The minimum Gasteiger partial charge on any atom is -0.349 e. The van der Waals surface area contributed by atoms with E-state index in [0.29, 0.717) is 13.1 Å². The Hall–Kier alpha value is -0.940. The van der Waals surface area contributed by atoms with Crippen LogP contribution < -0.4 is 11.1 Å². The molecule has 4 nitrogen and oxygen atoms in total. The quantitative estimate of drug-likeness (QED) is 0.831. The summed E-state index contributed by atoms with van der Waals surface area (Å²) >= 11 is 1.63. The van der Waals surface area contributed by atoms with Crippen molar-refractivity contribution in [3.8, 4) is 0 Å². The van der Waals surface area contributed by atoms with Crippen LogP contribution in [0.15, 0.2) is 0 Å². The van der Waals surface area contributed by atoms with E-state index in [2.05, 4.69) is 10.3 Å². The predicted octanol–water partition coefficient (Wildman–Crippen LogP) is 2.14. The summed E-state index contributed by atoms with van der Waals surface area (Å²) < 4.78 is 0. The molecule has 0 radical (unpaired) electrons. The van der Waals surface area contributed by atoms with Crippen molar-refractivity contribution >= 4 is 17.2 Å². The maximum atomic E-state index is 12.2. The highest BCUT2D eigenvalue weighted by Crippen LogP contribution is 2.25. The van der Waals surface area contributed by atoms with Gasteiger partial charge in [0.25, 0.3) is 0 Å². The lowest BCUT2D eigenvalue weighted by atomic mass is 9.81. The van der Waals surface area contributed by atoms with E-state index < -0.39 is 5.41 Å². The minimum absolute atomic E-state index is 0.0421. The van der Waals surface area contributed by atoms with E-state index in [1.165, 1.54) is 4.88 Å². The third-order valence-corrected chi connectivity index (χ3v) is 4.77. The molecule has 0 fully saturated rings. The number of carbonyl (C=O) groups excluding carboxylic acids is 1. The first-order chi connectivity index (χ1) is 8.49. The zero-order valence-electron chi connectivity index (χ0n) is 11.7. The smallest absolute Gasteiger partial charge is 0.227 e. The van der Waals surface area contributed by atoms with E-state index >= 15 is 0 Å². The molecule has 5 heteroatoms. The first kappa shape index (κ1) is 15.1. The normalized spacial score (nSPS) is 11.6. The van der Waals surface area contributed by atoms with Gasteiger partial charge in [-0.1, -0.05) is 13.8 Å². The highest BCUT2D eigenvalue weighted by Gasteiger charge is 2.33. The summed E-state index contributed by atoms with van der Waals surface area (Å²) in [6, 6.07) is 0. The topological polar surface area (TPSA) is 68.0 Å². The number of carbonyl (C=O) groups is 1. The molecule has 1 amide bonds. The standard InChI is InChI=1S/C13H23N3OS/c1-5-13(6-2,8-14)12(17)15-7-11-16-9(3)10(4)18-11/h5-8,14H2,1-4H3,(H,15,17).